The summed E-state index contributed by atoms with van der Waals surface area (Å²) < 4.78 is 13.1. The molecule has 7 nitrogen and oxygen atoms in total. The van der Waals surface area contributed by atoms with Crippen molar-refractivity contribution in [1.82, 2.24) is 15.2 Å². The van der Waals surface area contributed by atoms with Crippen molar-refractivity contribution in [1.29, 1.82) is 0 Å². The van der Waals surface area contributed by atoms with Crippen LogP contribution in [0.25, 0.3) is 0 Å². The fraction of sp³-hybridized carbons (Fsp3) is 0.389. The van der Waals surface area contributed by atoms with Crippen molar-refractivity contribution >= 4 is 39.9 Å². The second-order valence-corrected chi connectivity index (χ2v) is 8.48. The number of nitrogens with zero attached hydrogens (tertiary/aromatic N) is 4. The number of hydrogen-bond donors (Lipinski definition) is 1. The number of carbonyl (C=O) groups excluding carboxylic acids is 1. The van der Waals surface area contributed by atoms with Crippen LogP contribution in [0.3, 0.4) is 0 Å². The van der Waals surface area contributed by atoms with Crippen LogP contribution in [0, 0.1) is 0 Å². The number of benzene rings is 1. The molecule has 3 unspecified atom stereocenters. The van der Waals surface area contributed by atoms with Gasteiger partial charge < -0.3 is 10.2 Å². The molecule has 1 amide bonds. The molecule has 0 fully saturated rings. The summed E-state index contributed by atoms with van der Waals surface area (Å²) in [7, 11) is 0.142. The highest BCUT2D eigenvalue weighted by molar-refractivity contribution is 7.87. The molecule has 3 atom stereocenters. The van der Waals surface area contributed by atoms with E-state index in [1.165, 1.54) is 0 Å². The van der Waals surface area contributed by atoms with Crippen molar-refractivity contribution < 1.29 is 9.00 Å². The zero-order chi connectivity index (χ0) is 19.1. The molecule has 1 aromatic rings. The lowest BCUT2D eigenvalue weighted by Crippen LogP contribution is -2.46. The molecule has 27 heavy (non-hydrogen) atoms. The average Bonchev–Trinajstić information content (AvgIpc) is 3.19. The van der Waals surface area contributed by atoms with E-state index >= 15 is 0 Å². The van der Waals surface area contributed by atoms with Crippen LogP contribution in [0.4, 0.5) is 0 Å². The van der Waals surface area contributed by atoms with Crippen LogP contribution >= 0.6 is 11.6 Å². The maximum atomic E-state index is 13.1. The molecule has 4 rings (SSSR count). The van der Waals surface area contributed by atoms with Gasteiger partial charge in [-0.25, -0.2) is 0 Å². The Balaban J connectivity index is 1.81. The van der Waals surface area contributed by atoms with Crippen LogP contribution in [-0.2, 0) is 15.6 Å². The second kappa shape index (κ2) is 7.09. The zero-order valence-corrected chi connectivity index (χ0v) is 16.6. The van der Waals surface area contributed by atoms with Crippen molar-refractivity contribution in [3.05, 3.63) is 46.5 Å². The topological polar surface area (TPSA) is 77.4 Å². The fourth-order valence-corrected chi connectivity index (χ4v) is 5.53. The lowest BCUT2D eigenvalue weighted by Gasteiger charge is -2.27. The van der Waals surface area contributed by atoms with E-state index in [4.69, 9.17) is 21.7 Å². The van der Waals surface area contributed by atoms with E-state index in [1.807, 2.05) is 41.1 Å². The third-order valence-electron chi connectivity index (χ3n) is 4.89. The Hall–Kier alpha value is -2.19. The van der Waals surface area contributed by atoms with Crippen LogP contribution < -0.4 is 5.32 Å². The minimum atomic E-state index is -1.42. The van der Waals surface area contributed by atoms with Crippen molar-refractivity contribution in [2.45, 2.75) is 17.5 Å². The standard InChI is InChI=1S/C18H20ClN5O2S/c1-3-23-10-24-16(22-23)15(12-6-4-5-7-13(12)19)21-9-11-8-14(17(25)20-2)27(26)18(11)24/h4-8,14,18H,3,9-10H2,1-2H3,(H,20,25). The fourth-order valence-electron chi connectivity index (χ4n) is 3.52. The minimum Gasteiger partial charge on any atom is -0.358 e. The van der Waals surface area contributed by atoms with Gasteiger partial charge >= 0.3 is 0 Å². The van der Waals surface area contributed by atoms with Crippen LogP contribution in [0.1, 0.15) is 12.5 Å². The Morgan fingerprint density at radius 1 is 1.41 bits per heavy atom. The molecule has 0 saturated carbocycles. The number of amidine groups is 1. The van der Waals surface area contributed by atoms with Crippen LogP contribution in [-0.4, -0.2) is 69.0 Å². The van der Waals surface area contributed by atoms with Gasteiger partial charge in [0, 0.05) is 19.2 Å². The normalized spacial score (nSPS) is 26.6. The Labute approximate surface area is 165 Å². The lowest BCUT2D eigenvalue weighted by atomic mass is 10.1. The first-order chi connectivity index (χ1) is 13.0. The number of halogens is 1. The van der Waals surface area contributed by atoms with Crippen LogP contribution in [0.2, 0.25) is 5.02 Å². The number of fused-ring (bicyclic) bond motifs is 3. The van der Waals surface area contributed by atoms with Gasteiger partial charge in [0.2, 0.25) is 5.91 Å². The van der Waals surface area contributed by atoms with Crippen molar-refractivity contribution in [2.24, 2.45) is 10.1 Å². The number of hydrazone groups is 1. The molecule has 3 heterocycles. The molecule has 0 aliphatic carbocycles. The van der Waals surface area contributed by atoms with Gasteiger partial charge in [0.15, 0.2) is 5.84 Å². The molecule has 0 saturated heterocycles. The molecule has 142 valence electrons. The van der Waals surface area contributed by atoms with E-state index < -0.39 is 21.4 Å². The summed E-state index contributed by atoms with van der Waals surface area (Å²) in [6.45, 7) is 3.60. The van der Waals surface area contributed by atoms with Gasteiger partial charge in [-0.1, -0.05) is 35.9 Å². The Bertz CT molecular complexity index is 913. The first kappa shape index (κ1) is 18.2. The van der Waals surface area contributed by atoms with Crippen LogP contribution in [0.5, 0.6) is 0 Å². The maximum absolute atomic E-state index is 13.1. The highest BCUT2D eigenvalue weighted by Crippen LogP contribution is 2.33. The monoisotopic (exact) mass is 405 g/mol. The number of nitrogens with one attached hydrogen (secondary N) is 1. The predicted octanol–water partition coefficient (Wildman–Crippen LogP) is 1.18. The Kier molecular flexibility index (Phi) is 4.77. The molecule has 9 heteroatoms. The zero-order valence-electron chi connectivity index (χ0n) is 15.1. The Morgan fingerprint density at radius 2 is 2.19 bits per heavy atom. The molecule has 0 aromatic heterocycles. The Morgan fingerprint density at radius 3 is 2.89 bits per heavy atom. The molecule has 1 aromatic carbocycles. The minimum absolute atomic E-state index is 0.241. The molecule has 0 spiro atoms. The third kappa shape index (κ3) is 2.96. The summed E-state index contributed by atoms with van der Waals surface area (Å²) in [6.07, 6.45) is 1.80. The van der Waals surface area contributed by atoms with Crippen molar-refractivity contribution in [2.75, 3.05) is 26.8 Å². The van der Waals surface area contributed by atoms with Gasteiger partial charge in [-0.3, -0.25) is 19.0 Å². The lowest BCUT2D eigenvalue weighted by molar-refractivity contribution is -0.119. The molecule has 0 radical (unpaired) electrons. The SMILES string of the molecule is CCN1CN2C(=N1)C(c1ccccc1Cl)=NCC1=CC(C(=O)NC)S(=O)C12. The smallest absolute Gasteiger partial charge is 0.239 e. The van der Waals surface area contributed by atoms with Gasteiger partial charge in [-0.2, -0.15) is 5.10 Å². The third-order valence-corrected chi connectivity index (χ3v) is 7.07. The van der Waals surface area contributed by atoms with E-state index in [9.17, 15) is 9.00 Å². The summed E-state index contributed by atoms with van der Waals surface area (Å²) in [6, 6.07) is 7.51. The number of carbonyl (C=O) groups is 1. The quantitative estimate of drug-likeness (QED) is 0.766. The summed E-state index contributed by atoms with van der Waals surface area (Å²) in [5, 5.41) is 8.71. The number of hydrogen-bond acceptors (Lipinski definition) is 6. The molecule has 3 aliphatic heterocycles. The first-order valence-corrected chi connectivity index (χ1v) is 10.4. The van der Waals surface area contributed by atoms with E-state index in [2.05, 4.69) is 5.32 Å². The van der Waals surface area contributed by atoms with Gasteiger partial charge in [-0.05, 0) is 18.6 Å². The second-order valence-electron chi connectivity index (χ2n) is 6.46. The average molecular weight is 406 g/mol. The maximum Gasteiger partial charge on any atom is 0.239 e. The number of aliphatic imine (C=N–C) groups is 1. The summed E-state index contributed by atoms with van der Waals surface area (Å²) in [4.78, 5) is 18.9. The summed E-state index contributed by atoms with van der Waals surface area (Å²) >= 11 is 6.41. The summed E-state index contributed by atoms with van der Waals surface area (Å²) in [5.41, 5.74) is 2.38. The van der Waals surface area contributed by atoms with E-state index in [0.29, 0.717) is 36.3 Å². The van der Waals surface area contributed by atoms with Gasteiger partial charge in [0.05, 0.1) is 22.4 Å². The summed E-state index contributed by atoms with van der Waals surface area (Å²) in [5.74, 6) is 0.415. The largest absolute Gasteiger partial charge is 0.358 e. The highest BCUT2D eigenvalue weighted by Gasteiger charge is 2.46. The highest BCUT2D eigenvalue weighted by atomic mass is 35.5. The van der Waals surface area contributed by atoms with E-state index in [1.54, 1.807) is 13.1 Å². The van der Waals surface area contributed by atoms with E-state index in [0.717, 1.165) is 11.1 Å². The number of rotatable bonds is 3. The van der Waals surface area contributed by atoms with E-state index in [-0.39, 0.29) is 5.91 Å². The molecule has 3 aliphatic rings. The van der Waals surface area contributed by atoms with Gasteiger partial charge in [-0.15, -0.1) is 0 Å². The first-order valence-electron chi connectivity index (χ1n) is 8.76. The van der Waals surface area contributed by atoms with Gasteiger partial charge in [0.1, 0.15) is 23.0 Å². The predicted molar refractivity (Wildman–Crippen MR) is 107 cm³/mol. The molecular formula is C18H20ClN5O2S. The van der Waals surface area contributed by atoms with Crippen molar-refractivity contribution in [3.8, 4) is 0 Å². The van der Waals surface area contributed by atoms with Gasteiger partial charge in [0.25, 0.3) is 0 Å². The molecule has 1 N–H and O–H groups in total. The number of amides is 1. The molecular weight excluding hydrogens is 386 g/mol. The van der Waals surface area contributed by atoms with Crippen molar-refractivity contribution in [3.63, 3.8) is 0 Å². The molecule has 0 bridgehead atoms. The van der Waals surface area contributed by atoms with Crippen LogP contribution in [0.15, 0.2) is 46.0 Å².